The molecule has 16 heavy (non-hydrogen) atoms. The molecule has 1 unspecified atom stereocenters. The van der Waals surface area contributed by atoms with Crippen molar-refractivity contribution in [3.05, 3.63) is 0 Å². The van der Waals surface area contributed by atoms with E-state index < -0.39 is 0 Å². The van der Waals surface area contributed by atoms with Crippen LogP contribution in [-0.2, 0) is 4.79 Å². The van der Waals surface area contributed by atoms with Gasteiger partial charge < -0.3 is 10.6 Å². The molecule has 1 amide bonds. The van der Waals surface area contributed by atoms with E-state index in [1.807, 2.05) is 6.92 Å². The number of hydrogen-bond acceptors (Lipinski definition) is 2. The molecular weight excluding hydrogens is 200 g/mol. The van der Waals surface area contributed by atoms with Crippen LogP contribution in [-0.4, -0.2) is 25.0 Å². The van der Waals surface area contributed by atoms with Crippen LogP contribution in [0.5, 0.6) is 0 Å². The van der Waals surface area contributed by atoms with Crippen LogP contribution < -0.4 is 10.6 Å². The first-order chi connectivity index (χ1) is 7.57. The molecule has 0 radical (unpaired) electrons. The van der Waals surface area contributed by atoms with Gasteiger partial charge in [-0.15, -0.1) is 0 Å². The predicted molar refractivity (Wildman–Crippen MR) is 67.3 cm³/mol. The van der Waals surface area contributed by atoms with Crippen molar-refractivity contribution in [3.8, 4) is 0 Å². The lowest BCUT2D eigenvalue weighted by molar-refractivity contribution is -0.122. The van der Waals surface area contributed by atoms with Crippen LogP contribution in [0.25, 0.3) is 0 Å². The van der Waals surface area contributed by atoms with Crippen LogP contribution in [0.15, 0.2) is 0 Å². The molecule has 0 aromatic heterocycles. The zero-order valence-corrected chi connectivity index (χ0v) is 10.9. The second-order valence-corrected chi connectivity index (χ2v) is 5.41. The van der Waals surface area contributed by atoms with E-state index in [0.29, 0.717) is 5.41 Å². The van der Waals surface area contributed by atoms with Crippen LogP contribution in [0.2, 0.25) is 0 Å². The Kier molecular flexibility index (Phi) is 5.26. The maximum Gasteiger partial charge on any atom is 0.236 e. The Bertz CT molecular complexity index is 224. The monoisotopic (exact) mass is 226 g/mol. The third-order valence-electron chi connectivity index (χ3n) is 3.41. The minimum absolute atomic E-state index is 0.0564. The third kappa shape index (κ3) is 4.97. The number of unbranched alkanes of at least 4 members (excludes halogenated alkanes) is 2. The summed E-state index contributed by atoms with van der Waals surface area (Å²) >= 11 is 0. The largest absolute Gasteiger partial charge is 0.355 e. The fourth-order valence-electron chi connectivity index (χ4n) is 1.62. The molecule has 1 fully saturated rings. The van der Waals surface area contributed by atoms with Crippen molar-refractivity contribution >= 4 is 5.91 Å². The lowest BCUT2D eigenvalue weighted by atomic mass is 10.1. The molecular formula is C13H26N2O. The maximum atomic E-state index is 11.7. The predicted octanol–water partition coefficient (Wildman–Crippen LogP) is 2.07. The minimum atomic E-state index is -0.0564. The first-order valence-electron chi connectivity index (χ1n) is 6.58. The molecule has 1 rings (SSSR count). The van der Waals surface area contributed by atoms with Crippen molar-refractivity contribution in [2.75, 3.05) is 13.1 Å². The topological polar surface area (TPSA) is 41.1 Å². The van der Waals surface area contributed by atoms with Gasteiger partial charge in [0.25, 0.3) is 0 Å². The summed E-state index contributed by atoms with van der Waals surface area (Å²) in [5.41, 5.74) is 0.469. The first kappa shape index (κ1) is 13.5. The lowest BCUT2D eigenvalue weighted by Crippen LogP contribution is -2.44. The van der Waals surface area contributed by atoms with Gasteiger partial charge in [-0.3, -0.25) is 4.79 Å². The summed E-state index contributed by atoms with van der Waals surface area (Å²) < 4.78 is 0. The van der Waals surface area contributed by atoms with Gasteiger partial charge in [-0.2, -0.15) is 0 Å². The van der Waals surface area contributed by atoms with Crippen molar-refractivity contribution < 1.29 is 4.79 Å². The van der Waals surface area contributed by atoms with Gasteiger partial charge in [-0.25, -0.2) is 0 Å². The molecule has 0 aromatic carbocycles. The maximum absolute atomic E-state index is 11.7. The summed E-state index contributed by atoms with van der Waals surface area (Å²) in [6, 6.07) is -0.0564. The summed E-state index contributed by atoms with van der Waals surface area (Å²) in [4.78, 5) is 11.7. The highest BCUT2D eigenvalue weighted by Crippen LogP contribution is 2.44. The van der Waals surface area contributed by atoms with E-state index in [9.17, 15) is 4.79 Å². The second kappa shape index (κ2) is 6.24. The normalized spacial score (nSPS) is 19.2. The third-order valence-corrected chi connectivity index (χ3v) is 3.41. The van der Waals surface area contributed by atoms with E-state index in [1.165, 1.54) is 25.7 Å². The molecule has 0 heterocycles. The van der Waals surface area contributed by atoms with Gasteiger partial charge in [0.15, 0.2) is 0 Å². The quantitative estimate of drug-likeness (QED) is 0.622. The molecule has 0 aliphatic heterocycles. The van der Waals surface area contributed by atoms with Crippen molar-refractivity contribution in [2.45, 2.75) is 58.9 Å². The van der Waals surface area contributed by atoms with Crippen molar-refractivity contribution in [2.24, 2.45) is 5.41 Å². The molecule has 1 atom stereocenters. The number of hydrogen-bond donors (Lipinski definition) is 2. The summed E-state index contributed by atoms with van der Waals surface area (Å²) in [6.07, 6.45) is 6.07. The van der Waals surface area contributed by atoms with Crippen LogP contribution in [0.1, 0.15) is 52.9 Å². The average Bonchev–Trinajstić information content (AvgIpc) is 3.00. The van der Waals surface area contributed by atoms with Gasteiger partial charge in [0, 0.05) is 13.1 Å². The molecule has 1 aliphatic carbocycles. The molecule has 2 N–H and O–H groups in total. The number of nitrogens with one attached hydrogen (secondary N) is 2. The molecule has 0 spiro atoms. The highest BCUT2D eigenvalue weighted by Gasteiger charge is 2.37. The van der Waals surface area contributed by atoms with E-state index in [0.717, 1.165) is 19.5 Å². The minimum Gasteiger partial charge on any atom is -0.355 e. The van der Waals surface area contributed by atoms with Gasteiger partial charge in [-0.05, 0) is 31.6 Å². The summed E-state index contributed by atoms with van der Waals surface area (Å²) in [6.45, 7) is 8.17. The molecule has 3 nitrogen and oxygen atoms in total. The van der Waals surface area contributed by atoms with E-state index in [-0.39, 0.29) is 11.9 Å². The summed E-state index contributed by atoms with van der Waals surface area (Å²) in [5.74, 6) is 0.139. The van der Waals surface area contributed by atoms with E-state index >= 15 is 0 Å². The van der Waals surface area contributed by atoms with Gasteiger partial charge in [0.1, 0.15) is 0 Å². The van der Waals surface area contributed by atoms with Gasteiger partial charge in [0.2, 0.25) is 5.91 Å². The van der Waals surface area contributed by atoms with Crippen molar-refractivity contribution in [1.29, 1.82) is 0 Å². The Morgan fingerprint density at radius 2 is 2.06 bits per heavy atom. The van der Waals surface area contributed by atoms with Crippen molar-refractivity contribution in [3.63, 3.8) is 0 Å². The van der Waals surface area contributed by atoms with E-state index in [2.05, 4.69) is 24.5 Å². The SMILES string of the molecule is CCCCCNC(=O)C(C)NCC1(C)CC1. The Balaban J connectivity index is 2.05. The zero-order valence-electron chi connectivity index (χ0n) is 10.9. The second-order valence-electron chi connectivity index (χ2n) is 5.41. The van der Waals surface area contributed by atoms with Crippen LogP contribution >= 0.6 is 0 Å². The summed E-state index contributed by atoms with van der Waals surface area (Å²) in [5, 5.41) is 6.29. The van der Waals surface area contributed by atoms with Gasteiger partial charge >= 0.3 is 0 Å². The lowest BCUT2D eigenvalue weighted by Gasteiger charge is -2.16. The highest BCUT2D eigenvalue weighted by atomic mass is 16.2. The number of rotatable bonds is 8. The molecule has 94 valence electrons. The van der Waals surface area contributed by atoms with Crippen LogP contribution in [0.3, 0.4) is 0 Å². The highest BCUT2D eigenvalue weighted by molar-refractivity contribution is 5.81. The molecule has 0 bridgehead atoms. The van der Waals surface area contributed by atoms with Gasteiger partial charge in [-0.1, -0.05) is 26.7 Å². The molecule has 1 saturated carbocycles. The Labute approximate surface area is 99.4 Å². The Morgan fingerprint density at radius 3 is 2.62 bits per heavy atom. The Morgan fingerprint density at radius 1 is 1.38 bits per heavy atom. The Hall–Kier alpha value is -0.570. The fraction of sp³-hybridized carbons (Fsp3) is 0.923. The smallest absolute Gasteiger partial charge is 0.236 e. The van der Waals surface area contributed by atoms with Gasteiger partial charge in [0.05, 0.1) is 6.04 Å². The van der Waals surface area contributed by atoms with Crippen molar-refractivity contribution in [1.82, 2.24) is 10.6 Å². The summed E-state index contributed by atoms with van der Waals surface area (Å²) in [7, 11) is 0. The van der Waals surface area contributed by atoms with E-state index in [4.69, 9.17) is 0 Å². The fourth-order valence-corrected chi connectivity index (χ4v) is 1.62. The zero-order chi connectivity index (χ0) is 12.0. The molecule has 1 aliphatic rings. The molecule has 0 aromatic rings. The number of carbonyl (C=O) groups excluding carboxylic acids is 1. The first-order valence-corrected chi connectivity index (χ1v) is 6.58. The van der Waals surface area contributed by atoms with Crippen LogP contribution in [0, 0.1) is 5.41 Å². The van der Waals surface area contributed by atoms with Crippen LogP contribution in [0.4, 0.5) is 0 Å². The van der Waals surface area contributed by atoms with E-state index in [1.54, 1.807) is 0 Å². The number of amides is 1. The molecule has 0 saturated heterocycles. The standard InChI is InChI=1S/C13H26N2O/c1-4-5-6-9-14-12(16)11(2)15-10-13(3)7-8-13/h11,15H,4-10H2,1-3H3,(H,14,16). The molecule has 3 heteroatoms. The average molecular weight is 226 g/mol. The number of carbonyl (C=O) groups is 1.